The first-order valence-corrected chi connectivity index (χ1v) is 21.1. The molecule has 1 saturated heterocycles. The topological polar surface area (TPSA) is 127 Å². The van der Waals surface area contributed by atoms with Gasteiger partial charge in [-0.2, -0.15) is 24.1 Å². The van der Waals surface area contributed by atoms with Crippen LogP contribution in [-0.2, 0) is 51.1 Å². The minimum absolute atomic E-state index is 0.0367. The molecule has 5 heterocycles. The van der Waals surface area contributed by atoms with Crippen molar-refractivity contribution in [2.24, 2.45) is 13.0 Å². The van der Waals surface area contributed by atoms with Crippen molar-refractivity contribution in [2.75, 3.05) is 19.5 Å². The molecule has 2 fully saturated rings. The molecule has 3 aliphatic rings. The largest absolute Gasteiger partial charge is 0.377 e. The van der Waals surface area contributed by atoms with Gasteiger partial charge in [-0.05, 0) is 48.6 Å². The van der Waals surface area contributed by atoms with Crippen molar-refractivity contribution >= 4 is 38.1 Å². The SMILES string of the molecule is Cn1nc(CS(C)(=O)=O)c2c(Cl)ccc(-c3cc(-c4cnn(C5COC5)c4)cnc3[C@@H](CC(=O)Cn3nc(C(F)F)c4c3C(F)(F)[C@@H]3C[C@H]43)Cc3cc(F)cc(F)c3)c21. The Bertz CT molecular complexity index is 2780. The van der Waals surface area contributed by atoms with Crippen molar-refractivity contribution in [3.63, 3.8) is 0 Å². The monoisotopic (exact) mass is 857 g/mol. The number of ketones is 1. The van der Waals surface area contributed by atoms with Crippen LogP contribution in [0.15, 0.2) is 55.0 Å². The van der Waals surface area contributed by atoms with Gasteiger partial charge in [0.2, 0.25) is 0 Å². The molecule has 6 aromatic rings. The molecule has 0 radical (unpaired) electrons. The molecule has 0 amide bonds. The highest BCUT2D eigenvalue weighted by Crippen LogP contribution is 2.68. The van der Waals surface area contributed by atoms with E-state index in [2.05, 4.69) is 15.3 Å². The van der Waals surface area contributed by atoms with Gasteiger partial charge in [0, 0.05) is 83.2 Å². The van der Waals surface area contributed by atoms with Crippen LogP contribution in [0.3, 0.4) is 0 Å². The van der Waals surface area contributed by atoms with E-state index in [4.69, 9.17) is 21.3 Å². The predicted octanol–water partition coefficient (Wildman–Crippen LogP) is 7.88. The maximum Gasteiger partial charge on any atom is 0.293 e. The highest BCUT2D eigenvalue weighted by Gasteiger charge is 2.67. The lowest BCUT2D eigenvalue weighted by Gasteiger charge is -2.25. The second kappa shape index (κ2) is 14.3. The Labute approximate surface area is 337 Å². The molecule has 0 N–H and O–H groups in total. The van der Waals surface area contributed by atoms with Gasteiger partial charge in [0.25, 0.3) is 12.3 Å². The van der Waals surface area contributed by atoms with Gasteiger partial charge in [-0.3, -0.25) is 23.8 Å². The number of hydrogen-bond acceptors (Lipinski definition) is 8. The number of sulfone groups is 1. The van der Waals surface area contributed by atoms with Crippen LogP contribution in [0.5, 0.6) is 0 Å². The van der Waals surface area contributed by atoms with Gasteiger partial charge in [0.15, 0.2) is 15.6 Å². The number of nitrogens with zero attached hydrogens (tertiary/aromatic N) is 7. The van der Waals surface area contributed by atoms with Gasteiger partial charge in [0.1, 0.15) is 29.6 Å². The fourth-order valence-electron chi connectivity index (χ4n) is 8.62. The third-order valence-corrected chi connectivity index (χ3v) is 12.4. The van der Waals surface area contributed by atoms with Crippen molar-refractivity contribution in [3.8, 4) is 22.3 Å². The Morgan fingerprint density at radius 3 is 2.44 bits per heavy atom. The summed E-state index contributed by atoms with van der Waals surface area (Å²) >= 11 is 6.71. The Morgan fingerprint density at radius 2 is 1.76 bits per heavy atom. The normalized spacial score (nSPS) is 18.9. The third kappa shape index (κ3) is 7.11. The molecule has 1 saturated carbocycles. The summed E-state index contributed by atoms with van der Waals surface area (Å²) in [7, 11) is -1.96. The number of aryl methyl sites for hydroxylation is 1. The van der Waals surface area contributed by atoms with Crippen molar-refractivity contribution in [2.45, 2.75) is 61.8 Å². The van der Waals surface area contributed by atoms with Crippen LogP contribution in [0.1, 0.15) is 71.0 Å². The minimum Gasteiger partial charge on any atom is -0.377 e. The molecule has 0 bridgehead atoms. The summed E-state index contributed by atoms with van der Waals surface area (Å²) in [6, 6.07) is 7.99. The lowest BCUT2D eigenvalue weighted by atomic mass is 9.85. The van der Waals surface area contributed by atoms with Gasteiger partial charge >= 0.3 is 0 Å². The second-order valence-electron chi connectivity index (χ2n) is 15.6. The number of fused-ring (bicyclic) bond motifs is 4. The third-order valence-electron chi connectivity index (χ3n) is 11.3. The number of alkyl halides is 4. The molecule has 0 unspecified atom stereocenters. The van der Waals surface area contributed by atoms with E-state index in [0.717, 1.165) is 18.4 Å². The number of hydrogen-bond donors (Lipinski definition) is 0. The molecule has 1 aliphatic heterocycles. The number of pyridine rings is 1. The molecule has 4 aromatic heterocycles. The maximum atomic E-state index is 15.5. The van der Waals surface area contributed by atoms with E-state index in [9.17, 15) is 30.8 Å². The van der Waals surface area contributed by atoms with Crippen LogP contribution in [0, 0.1) is 17.6 Å². The van der Waals surface area contributed by atoms with E-state index < -0.39 is 87.5 Å². The molecule has 2 aliphatic carbocycles. The molecule has 2 aromatic carbocycles. The summed E-state index contributed by atoms with van der Waals surface area (Å²) in [6.07, 6.45) is 2.41. The number of carbonyl (C=O) groups is 1. The van der Waals surface area contributed by atoms with E-state index >= 15 is 8.78 Å². The number of halogens is 7. The highest BCUT2D eigenvalue weighted by molar-refractivity contribution is 7.89. The van der Waals surface area contributed by atoms with Crippen LogP contribution in [-0.4, -0.2) is 68.0 Å². The maximum absolute atomic E-state index is 15.5. The fourth-order valence-corrected chi connectivity index (χ4v) is 9.59. The second-order valence-corrected chi connectivity index (χ2v) is 18.2. The van der Waals surface area contributed by atoms with Gasteiger partial charge in [-0.1, -0.05) is 17.7 Å². The Morgan fingerprint density at radius 1 is 1.02 bits per heavy atom. The minimum atomic E-state index is -3.57. The van der Waals surface area contributed by atoms with Crippen molar-refractivity contribution in [1.29, 1.82) is 0 Å². The quantitative estimate of drug-likeness (QED) is 0.108. The van der Waals surface area contributed by atoms with E-state index in [1.165, 1.54) is 4.68 Å². The number of carbonyl (C=O) groups excluding carboxylic acids is 1. The lowest BCUT2D eigenvalue weighted by molar-refractivity contribution is -0.120. The van der Waals surface area contributed by atoms with Crippen LogP contribution >= 0.6 is 11.6 Å². The van der Waals surface area contributed by atoms with Gasteiger partial charge in [-0.25, -0.2) is 26.0 Å². The zero-order chi connectivity index (χ0) is 41.7. The zero-order valence-electron chi connectivity index (χ0n) is 31.4. The molecule has 9 rings (SSSR count). The van der Waals surface area contributed by atoms with E-state index in [0.29, 0.717) is 57.1 Å². The van der Waals surface area contributed by atoms with Gasteiger partial charge in [-0.15, -0.1) is 0 Å². The molecular formula is C40H34ClF6N7O4S. The Balaban J connectivity index is 1.19. The molecule has 11 nitrogen and oxygen atoms in total. The molecule has 59 heavy (non-hydrogen) atoms. The first-order chi connectivity index (χ1) is 28.0. The summed E-state index contributed by atoms with van der Waals surface area (Å²) in [4.78, 5) is 19.0. The standard InChI is InChI=1S/C40H34ClF6N7O4S/c1-52-37-27(3-4-31(41)34(37)32(50-52)18-59(2,56)57)28-9-21(22-13-49-53(14-22)25-16-58-17-25)12-48-35(28)20(5-19-6-23(42)10-24(43)7-19)8-26(55)15-54-38-33(36(51-54)39(44)45)29-11-30(29)40(38,46)47/h3-4,6-7,9-10,12-14,20,25,29-30,39H,5,8,11,15-18H2,1-2H3/t20-,29+,30-/m1/s1. The number of ether oxygens (including phenoxy) is 1. The van der Waals surface area contributed by atoms with E-state index in [-0.39, 0.29) is 46.4 Å². The van der Waals surface area contributed by atoms with E-state index in [1.54, 1.807) is 42.3 Å². The smallest absolute Gasteiger partial charge is 0.293 e. The first kappa shape index (κ1) is 39.4. The predicted molar refractivity (Wildman–Crippen MR) is 203 cm³/mol. The fraction of sp³-hybridized carbons (Fsp3) is 0.375. The van der Waals surface area contributed by atoms with Crippen LogP contribution in [0.2, 0.25) is 5.02 Å². The molecule has 19 heteroatoms. The molecule has 3 atom stereocenters. The van der Waals surface area contributed by atoms with Crippen LogP contribution < -0.4 is 0 Å². The Hall–Kier alpha value is -5.07. The van der Waals surface area contributed by atoms with Crippen LogP contribution in [0.4, 0.5) is 26.3 Å². The summed E-state index contributed by atoms with van der Waals surface area (Å²) in [6.45, 7) is 0.211. The number of rotatable bonds is 13. The first-order valence-electron chi connectivity index (χ1n) is 18.6. The van der Waals surface area contributed by atoms with Crippen LogP contribution in [0.25, 0.3) is 33.2 Å². The van der Waals surface area contributed by atoms with Gasteiger partial charge in [0.05, 0.1) is 53.1 Å². The summed E-state index contributed by atoms with van der Waals surface area (Å²) in [5.41, 5.74) is 1.51. The average Bonchev–Trinajstić information content (AvgIpc) is 3.34. The molecule has 308 valence electrons. The lowest BCUT2D eigenvalue weighted by Crippen LogP contribution is -2.30. The van der Waals surface area contributed by atoms with Crippen molar-refractivity contribution < 1.29 is 44.3 Å². The summed E-state index contributed by atoms with van der Waals surface area (Å²) in [5, 5.41) is 13.4. The van der Waals surface area contributed by atoms with Crippen molar-refractivity contribution in [3.05, 3.63) is 106 Å². The van der Waals surface area contributed by atoms with Gasteiger partial charge < -0.3 is 4.74 Å². The summed E-state index contributed by atoms with van der Waals surface area (Å²) < 4.78 is 123. The highest BCUT2D eigenvalue weighted by atomic mass is 35.5. The van der Waals surface area contributed by atoms with Crippen molar-refractivity contribution in [1.82, 2.24) is 34.3 Å². The van der Waals surface area contributed by atoms with E-state index in [1.807, 2.05) is 6.20 Å². The molecule has 0 spiro atoms. The number of aromatic nitrogens is 7. The number of benzene rings is 2. The Kier molecular flexibility index (Phi) is 9.54. The zero-order valence-corrected chi connectivity index (χ0v) is 32.9. The molecular weight excluding hydrogens is 824 g/mol. The number of Topliss-reactive ketones (excluding diaryl/α,β-unsaturated/α-hetero) is 1. The summed E-state index contributed by atoms with van der Waals surface area (Å²) in [5.74, 6) is -9.17. The average molecular weight is 858 g/mol.